The molecule has 0 saturated carbocycles. The molecule has 0 heterocycles. The summed E-state index contributed by atoms with van der Waals surface area (Å²) in [5.74, 6) is -0.687. The standard InChI is InChI=1S/C5H8F3NO3S/c1-3(4(2)10)9-13(11,12)5(6,7)8/h3,9H,1-2H3/t3-/m1/s1. The van der Waals surface area contributed by atoms with Crippen LogP contribution in [0.2, 0.25) is 0 Å². The van der Waals surface area contributed by atoms with Gasteiger partial charge in [0.05, 0.1) is 6.04 Å². The maximum atomic E-state index is 11.7. The van der Waals surface area contributed by atoms with Gasteiger partial charge in [-0.1, -0.05) is 0 Å². The molecule has 13 heavy (non-hydrogen) atoms. The largest absolute Gasteiger partial charge is 0.511 e. The Hall–Kier alpha value is -0.630. The number of rotatable bonds is 3. The number of halogens is 3. The lowest BCUT2D eigenvalue weighted by Crippen LogP contribution is -2.44. The van der Waals surface area contributed by atoms with E-state index in [0.717, 1.165) is 13.8 Å². The fraction of sp³-hybridized carbons (Fsp3) is 0.800. The van der Waals surface area contributed by atoms with E-state index in [4.69, 9.17) is 0 Å². The van der Waals surface area contributed by atoms with E-state index in [9.17, 15) is 26.4 Å². The molecular weight excluding hydrogens is 211 g/mol. The Bertz CT molecular complexity index is 295. The van der Waals surface area contributed by atoms with Crippen molar-refractivity contribution in [2.75, 3.05) is 0 Å². The van der Waals surface area contributed by atoms with Crippen molar-refractivity contribution < 1.29 is 26.4 Å². The van der Waals surface area contributed by atoms with Crippen LogP contribution >= 0.6 is 0 Å². The van der Waals surface area contributed by atoms with Crippen LogP contribution in [-0.2, 0) is 14.8 Å². The van der Waals surface area contributed by atoms with E-state index in [-0.39, 0.29) is 0 Å². The first kappa shape index (κ1) is 12.4. The average Bonchev–Trinajstić information content (AvgIpc) is 1.83. The van der Waals surface area contributed by atoms with Gasteiger partial charge in [-0.3, -0.25) is 4.79 Å². The normalized spacial score (nSPS) is 15.5. The van der Waals surface area contributed by atoms with Crippen LogP contribution in [0.1, 0.15) is 13.8 Å². The molecule has 0 aliphatic heterocycles. The summed E-state index contributed by atoms with van der Waals surface area (Å²) in [6, 6.07) is -1.37. The molecular formula is C5H8F3NO3S. The highest BCUT2D eigenvalue weighted by molar-refractivity contribution is 7.90. The summed E-state index contributed by atoms with van der Waals surface area (Å²) >= 11 is 0. The van der Waals surface area contributed by atoms with Crippen LogP contribution in [0, 0.1) is 0 Å². The first-order valence-corrected chi connectivity index (χ1v) is 4.65. The fourth-order valence-electron chi connectivity index (χ4n) is 0.383. The molecule has 0 aliphatic rings. The maximum Gasteiger partial charge on any atom is 0.511 e. The van der Waals surface area contributed by atoms with Crippen molar-refractivity contribution >= 4 is 15.8 Å². The molecule has 0 saturated heterocycles. The van der Waals surface area contributed by atoms with Gasteiger partial charge in [0, 0.05) is 0 Å². The lowest BCUT2D eigenvalue weighted by atomic mass is 10.3. The molecule has 0 aromatic heterocycles. The maximum absolute atomic E-state index is 11.7. The summed E-state index contributed by atoms with van der Waals surface area (Å²) in [5.41, 5.74) is -5.38. The molecule has 0 aliphatic carbocycles. The number of carbonyl (C=O) groups excluding carboxylic acids is 1. The molecule has 0 rings (SSSR count). The molecule has 8 heteroatoms. The molecule has 0 spiro atoms. The van der Waals surface area contributed by atoms with Crippen molar-refractivity contribution in [3.8, 4) is 0 Å². The summed E-state index contributed by atoms with van der Waals surface area (Å²) < 4.78 is 57.0. The van der Waals surface area contributed by atoms with Gasteiger partial charge in [0.15, 0.2) is 0 Å². The van der Waals surface area contributed by atoms with Gasteiger partial charge in [-0.2, -0.15) is 17.9 Å². The lowest BCUT2D eigenvalue weighted by molar-refractivity contribution is -0.118. The number of hydrogen-bond donors (Lipinski definition) is 1. The minimum absolute atomic E-state index is 0.687. The Kier molecular flexibility index (Phi) is 3.45. The Morgan fingerprint density at radius 2 is 1.77 bits per heavy atom. The van der Waals surface area contributed by atoms with Crippen LogP contribution in [0.3, 0.4) is 0 Å². The predicted octanol–water partition coefficient (Wildman–Crippen LogP) is 0.403. The summed E-state index contributed by atoms with van der Waals surface area (Å²) in [6.45, 7) is 2.02. The highest BCUT2D eigenvalue weighted by Crippen LogP contribution is 2.21. The van der Waals surface area contributed by atoms with E-state index >= 15 is 0 Å². The zero-order valence-corrected chi connectivity index (χ0v) is 7.66. The number of alkyl halides is 3. The van der Waals surface area contributed by atoms with Gasteiger partial charge in [-0.15, -0.1) is 0 Å². The fourth-order valence-corrected chi connectivity index (χ4v) is 1.15. The number of Topliss-reactive ketones (excluding diaryl/α,β-unsaturated/α-hetero) is 1. The Morgan fingerprint density at radius 3 is 2.00 bits per heavy atom. The van der Waals surface area contributed by atoms with E-state index in [2.05, 4.69) is 0 Å². The molecule has 1 atom stereocenters. The van der Waals surface area contributed by atoms with Crippen molar-refractivity contribution in [3.63, 3.8) is 0 Å². The van der Waals surface area contributed by atoms with E-state index in [1.165, 1.54) is 4.72 Å². The predicted molar refractivity (Wildman–Crippen MR) is 38.3 cm³/mol. The van der Waals surface area contributed by atoms with Crippen LogP contribution < -0.4 is 4.72 Å². The van der Waals surface area contributed by atoms with Gasteiger partial charge in [0.1, 0.15) is 5.78 Å². The first-order valence-electron chi connectivity index (χ1n) is 3.17. The quantitative estimate of drug-likeness (QED) is 0.747. The van der Waals surface area contributed by atoms with Crippen LogP contribution in [-0.4, -0.2) is 25.8 Å². The molecule has 0 aromatic carbocycles. The minimum atomic E-state index is -5.41. The van der Waals surface area contributed by atoms with E-state index in [1.807, 2.05) is 0 Å². The van der Waals surface area contributed by atoms with Crippen LogP contribution in [0.15, 0.2) is 0 Å². The molecule has 1 N–H and O–H groups in total. The van der Waals surface area contributed by atoms with Crippen LogP contribution in [0.25, 0.3) is 0 Å². The van der Waals surface area contributed by atoms with Gasteiger partial charge in [0.25, 0.3) is 0 Å². The highest BCUT2D eigenvalue weighted by atomic mass is 32.2. The number of nitrogens with one attached hydrogen (secondary N) is 1. The van der Waals surface area contributed by atoms with Gasteiger partial charge in [-0.25, -0.2) is 8.42 Å². The summed E-state index contributed by atoms with van der Waals surface area (Å²) in [4.78, 5) is 10.5. The summed E-state index contributed by atoms with van der Waals surface area (Å²) in [6.07, 6.45) is 0. The SMILES string of the molecule is CC(=O)[C@@H](C)NS(=O)(=O)C(F)(F)F. The molecule has 0 unspecified atom stereocenters. The molecule has 0 aromatic rings. The van der Waals surface area contributed by atoms with E-state index in [1.54, 1.807) is 0 Å². The zero-order valence-electron chi connectivity index (χ0n) is 6.84. The van der Waals surface area contributed by atoms with E-state index in [0.29, 0.717) is 0 Å². The van der Waals surface area contributed by atoms with Crippen molar-refractivity contribution in [1.82, 2.24) is 4.72 Å². The third-order valence-electron chi connectivity index (χ3n) is 1.25. The Morgan fingerprint density at radius 1 is 1.38 bits per heavy atom. The third kappa shape index (κ3) is 3.31. The van der Waals surface area contributed by atoms with Crippen molar-refractivity contribution in [1.29, 1.82) is 0 Å². The van der Waals surface area contributed by atoms with Crippen molar-refractivity contribution in [3.05, 3.63) is 0 Å². The smallest absolute Gasteiger partial charge is 0.298 e. The second-order valence-corrected chi connectivity index (χ2v) is 4.10. The average molecular weight is 219 g/mol. The Labute approximate surface area is 73.2 Å². The zero-order chi connectivity index (χ0) is 10.9. The van der Waals surface area contributed by atoms with Gasteiger partial charge in [-0.05, 0) is 13.8 Å². The molecule has 4 nitrogen and oxygen atoms in total. The third-order valence-corrected chi connectivity index (χ3v) is 2.52. The monoisotopic (exact) mass is 219 g/mol. The number of sulfonamides is 1. The summed E-state index contributed by atoms with van der Waals surface area (Å²) in [5, 5.41) is 0. The number of ketones is 1. The minimum Gasteiger partial charge on any atom is -0.298 e. The Balaban J connectivity index is 4.64. The van der Waals surface area contributed by atoms with Crippen molar-refractivity contribution in [2.24, 2.45) is 0 Å². The lowest BCUT2D eigenvalue weighted by Gasteiger charge is -2.12. The number of hydrogen-bond acceptors (Lipinski definition) is 3. The van der Waals surface area contributed by atoms with Gasteiger partial charge >= 0.3 is 15.5 Å². The molecule has 0 bridgehead atoms. The van der Waals surface area contributed by atoms with E-state index < -0.39 is 27.4 Å². The van der Waals surface area contributed by atoms with Gasteiger partial charge < -0.3 is 0 Å². The first-order chi connectivity index (χ1) is 5.58. The molecule has 0 radical (unpaired) electrons. The molecule has 0 amide bonds. The highest BCUT2D eigenvalue weighted by Gasteiger charge is 2.46. The second kappa shape index (κ2) is 3.62. The van der Waals surface area contributed by atoms with Gasteiger partial charge in [0.2, 0.25) is 0 Å². The van der Waals surface area contributed by atoms with Crippen LogP contribution in [0.4, 0.5) is 13.2 Å². The van der Waals surface area contributed by atoms with Crippen LogP contribution in [0.5, 0.6) is 0 Å². The molecule has 0 fully saturated rings. The van der Waals surface area contributed by atoms with Crippen molar-refractivity contribution in [2.45, 2.75) is 25.4 Å². The summed E-state index contributed by atoms with van der Waals surface area (Å²) in [7, 11) is -5.41. The molecule has 78 valence electrons. The topological polar surface area (TPSA) is 63.2 Å². The second-order valence-electron chi connectivity index (χ2n) is 2.40. The number of carbonyl (C=O) groups is 1.